The van der Waals surface area contributed by atoms with Crippen LogP contribution in [0.1, 0.15) is 31.8 Å². The highest BCUT2D eigenvalue weighted by Crippen LogP contribution is 2.53. The van der Waals surface area contributed by atoms with Crippen molar-refractivity contribution in [2.24, 2.45) is 0 Å². The van der Waals surface area contributed by atoms with Crippen molar-refractivity contribution in [1.82, 2.24) is 0 Å². The first-order chi connectivity index (χ1) is 13.3. The van der Waals surface area contributed by atoms with Gasteiger partial charge in [0.25, 0.3) is 0 Å². The maximum Gasteiger partial charge on any atom is 0.460 e. The lowest BCUT2D eigenvalue weighted by atomic mass is 9.90. The Morgan fingerprint density at radius 3 is 1.67 bits per heavy atom. The van der Waals surface area contributed by atoms with Crippen LogP contribution < -0.4 is 0 Å². The molecule has 0 amide bonds. The first-order valence-electron chi connectivity index (χ1n) is 7.31. The molecule has 0 aliphatic heterocycles. The van der Waals surface area contributed by atoms with Crippen molar-refractivity contribution in [3.8, 4) is 0 Å². The summed E-state index contributed by atoms with van der Waals surface area (Å²) in [5.41, 5.74) is -7.37. The Kier molecular flexibility index (Phi) is 5.21. The summed E-state index contributed by atoms with van der Waals surface area (Å²) in [5, 5.41) is 15.5. The van der Waals surface area contributed by atoms with Gasteiger partial charge in [-0.25, -0.2) is 9.59 Å². The molecule has 30 heavy (non-hydrogen) atoms. The number of hydrogen-bond acceptors (Lipinski definition) is 2. The summed E-state index contributed by atoms with van der Waals surface area (Å²) in [4.78, 5) is 22.5. The Hall–Kier alpha value is -3.06. The Bertz CT molecular complexity index is 1040. The van der Waals surface area contributed by atoms with Crippen molar-refractivity contribution in [3.05, 3.63) is 46.5 Å². The van der Waals surface area contributed by atoms with Gasteiger partial charge in [0.05, 0.1) is 16.7 Å². The zero-order valence-electron chi connectivity index (χ0n) is 13.8. The number of aromatic carboxylic acids is 2. The second kappa shape index (κ2) is 6.74. The number of hydrogen-bond donors (Lipinski definition) is 2. The molecule has 0 aliphatic carbocycles. The molecule has 0 spiro atoms. The lowest BCUT2D eigenvalue weighted by Crippen LogP contribution is -2.50. The van der Waals surface area contributed by atoms with Gasteiger partial charge in [-0.1, -0.05) is 6.07 Å². The van der Waals surface area contributed by atoms with Gasteiger partial charge in [0.1, 0.15) is 0 Å². The van der Waals surface area contributed by atoms with E-state index < -0.39 is 75.2 Å². The topological polar surface area (TPSA) is 74.6 Å². The highest BCUT2D eigenvalue weighted by atomic mass is 19.4. The van der Waals surface area contributed by atoms with Gasteiger partial charge in [-0.05, 0) is 29.0 Å². The second-order valence-corrected chi connectivity index (χ2v) is 5.86. The number of rotatable bonds is 4. The lowest BCUT2D eigenvalue weighted by molar-refractivity contribution is -0.359. The zero-order chi connectivity index (χ0) is 23.4. The monoisotopic (exact) mass is 452 g/mol. The molecule has 2 aromatic rings. The van der Waals surface area contributed by atoms with Gasteiger partial charge < -0.3 is 10.2 Å². The molecular formula is C16H6F10O4. The summed E-state index contributed by atoms with van der Waals surface area (Å²) in [6, 6.07) is -0.239. The van der Waals surface area contributed by atoms with E-state index in [4.69, 9.17) is 10.2 Å². The third-order valence-electron chi connectivity index (χ3n) is 4.00. The van der Waals surface area contributed by atoms with Crippen LogP contribution in [0.15, 0.2) is 24.3 Å². The van der Waals surface area contributed by atoms with E-state index in [-0.39, 0.29) is 6.07 Å². The van der Waals surface area contributed by atoms with E-state index in [2.05, 4.69) is 0 Å². The van der Waals surface area contributed by atoms with Crippen molar-refractivity contribution >= 4 is 22.7 Å². The summed E-state index contributed by atoms with van der Waals surface area (Å²) >= 11 is 0. The van der Waals surface area contributed by atoms with Gasteiger partial charge in [0, 0.05) is 5.56 Å². The Balaban J connectivity index is 3.08. The quantitative estimate of drug-likeness (QED) is 0.598. The van der Waals surface area contributed by atoms with E-state index in [1.54, 1.807) is 0 Å². The van der Waals surface area contributed by atoms with Crippen molar-refractivity contribution in [2.45, 2.75) is 24.2 Å². The minimum Gasteiger partial charge on any atom is -0.478 e. The van der Waals surface area contributed by atoms with Gasteiger partial charge in [0.15, 0.2) is 0 Å². The molecule has 0 fully saturated rings. The minimum atomic E-state index is -6.87. The molecule has 0 heterocycles. The molecule has 2 rings (SSSR count). The van der Waals surface area contributed by atoms with Crippen LogP contribution in [0, 0.1) is 0 Å². The molecule has 0 radical (unpaired) electrons. The fourth-order valence-corrected chi connectivity index (χ4v) is 2.62. The molecule has 0 bridgehead atoms. The molecule has 2 aromatic carbocycles. The van der Waals surface area contributed by atoms with E-state index in [1.165, 1.54) is 0 Å². The fraction of sp³-hybridized carbons (Fsp3) is 0.250. The average molecular weight is 452 g/mol. The summed E-state index contributed by atoms with van der Waals surface area (Å²) < 4.78 is 132. The molecule has 0 aliphatic rings. The molecule has 0 aromatic heterocycles. The van der Waals surface area contributed by atoms with E-state index >= 15 is 0 Å². The molecule has 164 valence electrons. The molecule has 0 atom stereocenters. The normalized spacial score (nSPS) is 13.5. The van der Waals surface area contributed by atoms with Crippen LogP contribution in [0.2, 0.25) is 0 Å². The van der Waals surface area contributed by atoms with E-state index in [9.17, 15) is 53.5 Å². The number of halogens is 10. The lowest BCUT2D eigenvalue weighted by Gasteiger charge is -2.29. The first kappa shape index (κ1) is 23.2. The van der Waals surface area contributed by atoms with Crippen LogP contribution in [-0.4, -0.2) is 34.3 Å². The number of fused-ring (bicyclic) bond motifs is 1. The van der Waals surface area contributed by atoms with E-state index in [0.717, 1.165) is 0 Å². The third-order valence-corrected chi connectivity index (χ3v) is 4.00. The second-order valence-electron chi connectivity index (χ2n) is 5.86. The Morgan fingerprint density at radius 2 is 1.27 bits per heavy atom. The predicted molar refractivity (Wildman–Crippen MR) is 77.8 cm³/mol. The van der Waals surface area contributed by atoms with Gasteiger partial charge in [0.2, 0.25) is 0 Å². The van der Waals surface area contributed by atoms with Crippen LogP contribution in [0.4, 0.5) is 43.9 Å². The van der Waals surface area contributed by atoms with Crippen LogP contribution in [0.25, 0.3) is 10.8 Å². The fourth-order valence-electron chi connectivity index (χ4n) is 2.62. The highest BCUT2D eigenvalue weighted by molar-refractivity contribution is 6.12. The van der Waals surface area contributed by atoms with Crippen molar-refractivity contribution in [2.75, 3.05) is 0 Å². The summed E-state index contributed by atoms with van der Waals surface area (Å²) in [5.74, 6) is -17.4. The number of alkyl halides is 10. The summed E-state index contributed by atoms with van der Waals surface area (Å²) in [6.45, 7) is 0. The van der Waals surface area contributed by atoms with Crippen LogP contribution in [0.3, 0.4) is 0 Å². The SMILES string of the molecule is O=C(O)c1ccc2c(C(F)(F)F)cc(C(F)(F)C(F)(F)C(F)(F)F)cc2c1C(=O)O. The Morgan fingerprint density at radius 1 is 0.733 bits per heavy atom. The molecule has 4 nitrogen and oxygen atoms in total. The van der Waals surface area contributed by atoms with Gasteiger partial charge in [-0.2, -0.15) is 43.9 Å². The maximum atomic E-state index is 14.0. The zero-order valence-corrected chi connectivity index (χ0v) is 13.8. The molecular weight excluding hydrogens is 446 g/mol. The average Bonchev–Trinajstić information content (AvgIpc) is 2.57. The van der Waals surface area contributed by atoms with Gasteiger partial charge in [-0.3, -0.25) is 0 Å². The summed E-state index contributed by atoms with van der Waals surface area (Å²) in [7, 11) is 0. The minimum absolute atomic E-state index is 0.333. The van der Waals surface area contributed by atoms with Crippen molar-refractivity contribution in [1.29, 1.82) is 0 Å². The standard InChI is InChI=1S/C16H6F10O4/c17-13(18,15(22,23)16(24,25)26)5-3-8-6(9(4-5)14(19,20)21)1-2-7(11(27)28)10(8)12(29)30/h1-4H,(H,27,28)(H,29,30). The molecule has 0 unspecified atom stereocenters. The third kappa shape index (κ3) is 3.50. The van der Waals surface area contributed by atoms with Gasteiger partial charge >= 0.3 is 36.1 Å². The molecule has 2 N–H and O–H groups in total. The molecule has 0 saturated carbocycles. The number of benzene rings is 2. The van der Waals surface area contributed by atoms with Crippen LogP contribution in [-0.2, 0) is 12.1 Å². The van der Waals surface area contributed by atoms with E-state index in [1.807, 2.05) is 0 Å². The Labute approximate surface area is 158 Å². The van der Waals surface area contributed by atoms with Crippen LogP contribution >= 0.6 is 0 Å². The highest BCUT2D eigenvalue weighted by Gasteiger charge is 2.73. The van der Waals surface area contributed by atoms with Crippen molar-refractivity contribution in [3.63, 3.8) is 0 Å². The predicted octanol–water partition coefficient (Wildman–Crippen LogP) is 5.54. The maximum absolute atomic E-state index is 14.0. The summed E-state index contributed by atoms with van der Waals surface area (Å²) in [6.07, 6.45) is -12.5. The largest absolute Gasteiger partial charge is 0.478 e. The molecule has 14 heteroatoms. The number of carboxylic acids is 2. The van der Waals surface area contributed by atoms with Gasteiger partial charge in [-0.15, -0.1) is 0 Å². The van der Waals surface area contributed by atoms with E-state index in [0.29, 0.717) is 12.1 Å². The number of carboxylic acid groups (broad SMARTS) is 2. The first-order valence-corrected chi connectivity index (χ1v) is 7.31. The number of carbonyl (C=O) groups is 2. The smallest absolute Gasteiger partial charge is 0.460 e. The van der Waals surface area contributed by atoms with Crippen molar-refractivity contribution < 1.29 is 63.7 Å². The van der Waals surface area contributed by atoms with Crippen LogP contribution in [0.5, 0.6) is 0 Å². The molecule has 0 saturated heterocycles.